The van der Waals surface area contributed by atoms with Crippen LogP contribution in [0.1, 0.15) is 36.4 Å². The number of carbonyl (C=O) groups is 1. The first-order valence-electron chi connectivity index (χ1n) is 8.82. The number of thioether (sulfide) groups is 1. The van der Waals surface area contributed by atoms with E-state index in [0.29, 0.717) is 28.9 Å². The van der Waals surface area contributed by atoms with E-state index < -0.39 is 6.10 Å². The molecule has 0 saturated heterocycles. The summed E-state index contributed by atoms with van der Waals surface area (Å²) in [6, 6.07) is 13.4. The smallest absolute Gasteiger partial charge is 0.307 e. The molecule has 1 heterocycles. The average molecular weight is 382 g/mol. The lowest BCUT2D eigenvalue weighted by atomic mass is 10.1. The fourth-order valence-electron chi connectivity index (χ4n) is 2.66. The Morgan fingerprint density at radius 1 is 1.19 bits per heavy atom. The minimum atomic E-state index is -0.610. The van der Waals surface area contributed by atoms with Crippen LogP contribution >= 0.6 is 11.8 Å². The van der Waals surface area contributed by atoms with Gasteiger partial charge in [0.1, 0.15) is 0 Å². The summed E-state index contributed by atoms with van der Waals surface area (Å²) in [5.41, 5.74) is 2.85. The van der Waals surface area contributed by atoms with Gasteiger partial charge in [0.05, 0.1) is 17.3 Å². The van der Waals surface area contributed by atoms with Crippen molar-refractivity contribution < 1.29 is 9.53 Å². The standard InChI is InChI=1S/C21H22N2O3S/c1-13-8-9-16(12-14(13)2)27-11-10-19(24)26-15(3)20-22-18-7-5-4-6-17(18)21(25)23-20/h4-9,12,15H,10-11H2,1-3H3,(H,22,23,25)/t15-/m1/s1. The average Bonchev–Trinajstić information content (AvgIpc) is 2.64. The van der Waals surface area contributed by atoms with E-state index in [9.17, 15) is 9.59 Å². The molecule has 0 spiro atoms. The third-order valence-corrected chi connectivity index (χ3v) is 5.37. The van der Waals surface area contributed by atoms with Crippen molar-refractivity contribution in [1.82, 2.24) is 9.97 Å². The molecule has 5 nitrogen and oxygen atoms in total. The lowest BCUT2D eigenvalue weighted by Gasteiger charge is -2.13. The number of nitrogens with zero attached hydrogens (tertiary/aromatic N) is 1. The number of para-hydroxylation sites is 1. The van der Waals surface area contributed by atoms with Crippen molar-refractivity contribution in [2.24, 2.45) is 0 Å². The van der Waals surface area contributed by atoms with E-state index in [-0.39, 0.29) is 11.5 Å². The molecule has 1 atom stereocenters. The summed E-state index contributed by atoms with van der Waals surface area (Å²) in [7, 11) is 0. The quantitative estimate of drug-likeness (QED) is 0.508. The minimum absolute atomic E-state index is 0.233. The number of esters is 1. The summed E-state index contributed by atoms with van der Waals surface area (Å²) < 4.78 is 5.44. The van der Waals surface area contributed by atoms with Gasteiger partial charge in [-0.15, -0.1) is 11.8 Å². The second-order valence-corrected chi connectivity index (χ2v) is 7.61. The summed E-state index contributed by atoms with van der Waals surface area (Å²) in [5.74, 6) is 0.680. The Labute approximate surface area is 162 Å². The van der Waals surface area contributed by atoms with E-state index in [1.165, 1.54) is 11.1 Å². The summed E-state index contributed by atoms with van der Waals surface area (Å²) in [4.78, 5) is 32.5. The molecule has 140 valence electrons. The van der Waals surface area contributed by atoms with Gasteiger partial charge in [-0.2, -0.15) is 0 Å². The molecule has 2 aromatic carbocycles. The van der Waals surface area contributed by atoms with Crippen LogP contribution in [0.15, 0.2) is 52.2 Å². The second-order valence-electron chi connectivity index (χ2n) is 6.44. The van der Waals surface area contributed by atoms with Crippen LogP contribution in [0.3, 0.4) is 0 Å². The summed E-state index contributed by atoms with van der Waals surface area (Å²) in [6.45, 7) is 5.86. The molecule has 0 bridgehead atoms. The van der Waals surface area contributed by atoms with Crippen molar-refractivity contribution in [3.05, 3.63) is 69.8 Å². The Morgan fingerprint density at radius 2 is 1.96 bits per heavy atom. The first kappa shape index (κ1) is 19.2. The number of nitrogens with one attached hydrogen (secondary N) is 1. The van der Waals surface area contributed by atoms with Gasteiger partial charge in [-0.1, -0.05) is 18.2 Å². The molecular formula is C21H22N2O3S. The number of hydrogen-bond donors (Lipinski definition) is 1. The fraction of sp³-hybridized carbons (Fsp3) is 0.286. The van der Waals surface area contributed by atoms with Crippen molar-refractivity contribution in [2.75, 3.05) is 5.75 Å². The van der Waals surface area contributed by atoms with Gasteiger partial charge in [0.15, 0.2) is 11.9 Å². The summed E-state index contributed by atoms with van der Waals surface area (Å²) in [5, 5.41) is 0.518. The maximum Gasteiger partial charge on any atom is 0.307 e. The van der Waals surface area contributed by atoms with Gasteiger partial charge in [0.2, 0.25) is 0 Å². The number of carbonyl (C=O) groups excluding carboxylic acids is 1. The molecule has 0 amide bonds. The largest absolute Gasteiger partial charge is 0.454 e. The third kappa shape index (κ3) is 4.77. The first-order chi connectivity index (χ1) is 12.9. The Kier molecular flexibility index (Phi) is 5.96. The number of ether oxygens (including phenoxy) is 1. The summed E-state index contributed by atoms with van der Waals surface area (Å²) in [6.07, 6.45) is -0.318. The molecule has 0 aliphatic heterocycles. The predicted octanol–water partition coefficient (Wildman–Crippen LogP) is 4.33. The van der Waals surface area contributed by atoms with Crippen LogP contribution in [0, 0.1) is 13.8 Å². The van der Waals surface area contributed by atoms with Crippen LogP contribution in [0.25, 0.3) is 10.9 Å². The highest BCUT2D eigenvalue weighted by Crippen LogP contribution is 2.22. The molecule has 0 aliphatic rings. The molecule has 0 aliphatic carbocycles. The van der Waals surface area contributed by atoms with E-state index in [1.807, 2.05) is 6.07 Å². The van der Waals surface area contributed by atoms with Gasteiger partial charge in [-0.05, 0) is 56.2 Å². The van der Waals surface area contributed by atoms with Crippen LogP contribution in [-0.4, -0.2) is 21.7 Å². The number of benzene rings is 2. The zero-order chi connectivity index (χ0) is 19.4. The van der Waals surface area contributed by atoms with Crippen LogP contribution in [0.4, 0.5) is 0 Å². The summed E-state index contributed by atoms with van der Waals surface area (Å²) >= 11 is 1.62. The van der Waals surface area contributed by atoms with Crippen molar-refractivity contribution in [3.63, 3.8) is 0 Å². The number of H-pyrrole nitrogens is 1. The molecule has 3 rings (SSSR count). The monoisotopic (exact) mass is 382 g/mol. The van der Waals surface area contributed by atoms with Crippen LogP contribution < -0.4 is 5.56 Å². The highest BCUT2D eigenvalue weighted by molar-refractivity contribution is 7.99. The van der Waals surface area contributed by atoms with E-state index in [0.717, 1.165) is 4.90 Å². The molecule has 0 radical (unpaired) electrons. The maximum atomic E-state index is 12.1. The second kappa shape index (κ2) is 8.39. The van der Waals surface area contributed by atoms with Crippen molar-refractivity contribution >= 4 is 28.6 Å². The number of hydrogen-bond acceptors (Lipinski definition) is 5. The minimum Gasteiger partial charge on any atom is -0.454 e. The number of fused-ring (bicyclic) bond motifs is 1. The van der Waals surface area contributed by atoms with Crippen molar-refractivity contribution in [3.8, 4) is 0 Å². The van der Waals surface area contributed by atoms with Crippen molar-refractivity contribution in [2.45, 2.75) is 38.2 Å². The fourth-order valence-corrected chi connectivity index (χ4v) is 3.59. The highest BCUT2D eigenvalue weighted by atomic mass is 32.2. The molecule has 1 aromatic heterocycles. The van der Waals surface area contributed by atoms with E-state index >= 15 is 0 Å². The Balaban J connectivity index is 1.57. The SMILES string of the molecule is Cc1ccc(SCCC(=O)O[C@H](C)c2nc3ccccc3c(=O)[nH]2)cc1C. The molecule has 0 fully saturated rings. The molecule has 6 heteroatoms. The van der Waals surface area contributed by atoms with Crippen molar-refractivity contribution in [1.29, 1.82) is 0 Å². The normalized spacial score (nSPS) is 12.1. The zero-order valence-corrected chi connectivity index (χ0v) is 16.4. The first-order valence-corrected chi connectivity index (χ1v) is 9.81. The lowest BCUT2D eigenvalue weighted by molar-refractivity contribution is -0.148. The van der Waals surface area contributed by atoms with Gasteiger partial charge < -0.3 is 9.72 Å². The molecule has 3 aromatic rings. The van der Waals surface area contributed by atoms with E-state index in [2.05, 4.69) is 42.0 Å². The van der Waals surface area contributed by atoms with Crippen LogP contribution in [0.5, 0.6) is 0 Å². The molecule has 27 heavy (non-hydrogen) atoms. The van der Waals surface area contributed by atoms with Gasteiger partial charge in [0.25, 0.3) is 5.56 Å². The predicted molar refractivity (Wildman–Crippen MR) is 108 cm³/mol. The molecular weight excluding hydrogens is 360 g/mol. The van der Waals surface area contributed by atoms with Gasteiger partial charge in [-0.3, -0.25) is 9.59 Å². The highest BCUT2D eigenvalue weighted by Gasteiger charge is 2.15. The van der Waals surface area contributed by atoms with Gasteiger partial charge >= 0.3 is 5.97 Å². The Bertz CT molecular complexity index is 1030. The maximum absolute atomic E-state index is 12.1. The van der Waals surface area contributed by atoms with E-state index in [1.54, 1.807) is 36.9 Å². The number of rotatable bonds is 6. The zero-order valence-electron chi connectivity index (χ0n) is 15.6. The molecule has 1 N–H and O–H groups in total. The number of aryl methyl sites for hydroxylation is 2. The van der Waals surface area contributed by atoms with Crippen LogP contribution in [0.2, 0.25) is 0 Å². The van der Waals surface area contributed by atoms with Crippen LogP contribution in [-0.2, 0) is 9.53 Å². The molecule has 0 saturated carbocycles. The number of aromatic nitrogens is 2. The third-order valence-electron chi connectivity index (χ3n) is 4.38. The topological polar surface area (TPSA) is 72.0 Å². The van der Waals surface area contributed by atoms with E-state index in [4.69, 9.17) is 4.74 Å². The van der Waals surface area contributed by atoms with Gasteiger partial charge in [0, 0.05) is 10.6 Å². The molecule has 0 unspecified atom stereocenters. The Morgan fingerprint density at radius 3 is 2.74 bits per heavy atom. The van der Waals surface area contributed by atoms with Gasteiger partial charge in [-0.25, -0.2) is 4.98 Å². The lowest BCUT2D eigenvalue weighted by Crippen LogP contribution is -2.17. The Hall–Kier alpha value is -2.60. The number of aromatic amines is 1.